The molecule has 0 saturated carbocycles. The lowest BCUT2D eigenvalue weighted by atomic mass is 10.1. The van der Waals surface area contributed by atoms with Crippen LogP contribution in [0.15, 0.2) is 140 Å². The van der Waals surface area contributed by atoms with Gasteiger partial charge in [-0.25, -0.2) is 9.97 Å². The zero-order chi connectivity index (χ0) is 28.1. The van der Waals surface area contributed by atoms with E-state index < -0.39 is 0 Å². The standard InChI is InChI=1S/C38H23N5/c1-6-16-31-25(11-1)26-12-2-7-17-32(26)41(31)24-21-22-36-30(23-24)40-38-37-39-29-15-5-10-20-35(29)42(37)33-18-8-3-13-27(33)28-14-4-9-19-34(28)43(36)38/h1-23H. The molecule has 0 amide bonds. The van der Waals surface area contributed by atoms with Crippen LogP contribution in [0.4, 0.5) is 0 Å². The van der Waals surface area contributed by atoms with Crippen molar-refractivity contribution in [3.05, 3.63) is 140 Å². The summed E-state index contributed by atoms with van der Waals surface area (Å²) >= 11 is 0. The zero-order valence-corrected chi connectivity index (χ0v) is 23.0. The van der Waals surface area contributed by atoms with Gasteiger partial charge in [-0.05, 0) is 54.6 Å². The molecule has 5 nitrogen and oxygen atoms in total. The highest BCUT2D eigenvalue weighted by Crippen LogP contribution is 2.35. The molecule has 0 bridgehead atoms. The van der Waals surface area contributed by atoms with Gasteiger partial charge >= 0.3 is 0 Å². The minimum atomic E-state index is 0.826. The molecule has 0 saturated heterocycles. The molecule has 10 aromatic rings. The van der Waals surface area contributed by atoms with Gasteiger partial charge in [-0.1, -0.05) is 84.9 Å². The van der Waals surface area contributed by atoms with E-state index in [0.29, 0.717) is 0 Å². The number of rotatable bonds is 1. The van der Waals surface area contributed by atoms with Crippen LogP contribution >= 0.6 is 0 Å². The van der Waals surface area contributed by atoms with E-state index in [4.69, 9.17) is 9.97 Å². The van der Waals surface area contributed by atoms with Crippen molar-refractivity contribution < 1.29 is 0 Å². The second-order valence-electron chi connectivity index (χ2n) is 11.1. The van der Waals surface area contributed by atoms with Crippen LogP contribution in [-0.4, -0.2) is 23.3 Å². The van der Waals surface area contributed by atoms with Gasteiger partial charge in [0.15, 0.2) is 11.3 Å². The summed E-state index contributed by atoms with van der Waals surface area (Å²) in [6.07, 6.45) is 0. The van der Waals surface area contributed by atoms with E-state index in [1.807, 2.05) is 6.07 Å². The number of nitrogens with zero attached hydrogens (tertiary/aromatic N) is 5. The second kappa shape index (κ2) is 8.30. The molecule has 4 aromatic heterocycles. The average Bonchev–Trinajstić information content (AvgIpc) is 3.73. The molecule has 0 aliphatic carbocycles. The highest BCUT2D eigenvalue weighted by atomic mass is 15.1. The summed E-state index contributed by atoms with van der Waals surface area (Å²) < 4.78 is 6.90. The molecule has 0 aliphatic rings. The first kappa shape index (κ1) is 22.7. The average molecular weight is 550 g/mol. The van der Waals surface area contributed by atoms with Crippen molar-refractivity contribution in [1.82, 2.24) is 23.3 Å². The first-order valence-corrected chi connectivity index (χ1v) is 14.5. The Morgan fingerprint density at radius 1 is 0.349 bits per heavy atom. The number of benzene rings is 6. The van der Waals surface area contributed by atoms with Gasteiger partial charge in [0.2, 0.25) is 0 Å². The number of hydrogen-bond acceptors (Lipinski definition) is 2. The molecular formula is C38H23N5. The molecule has 43 heavy (non-hydrogen) atoms. The van der Waals surface area contributed by atoms with E-state index >= 15 is 0 Å². The lowest BCUT2D eigenvalue weighted by molar-refractivity contribution is 1.18. The van der Waals surface area contributed by atoms with E-state index in [1.165, 1.54) is 21.8 Å². The van der Waals surface area contributed by atoms with Gasteiger partial charge in [0, 0.05) is 27.2 Å². The Labute approximate surface area is 245 Å². The fraction of sp³-hybridized carbons (Fsp3) is 0. The maximum Gasteiger partial charge on any atom is 0.182 e. The van der Waals surface area contributed by atoms with Crippen molar-refractivity contribution in [2.45, 2.75) is 0 Å². The molecule has 0 aliphatic heterocycles. The molecule has 4 heterocycles. The first-order valence-electron chi connectivity index (χ1n) is 14.5. The number of hydrogen-bond donors (Lipinski definition) is 0. The summed E-state index contributed by atoms with van der Waals surface area (Å²) in [5.74, 6) is 0. The lowest BCUT2D eigenvalue weighted by Gasteiger charge is -2.09. The molecule has 10 rings (SSSR count). The zero-order valence-electron chi connectivity index (χ0n) is 23.0. The summed E-state index contributed by atoms with van der Waals surface area (Å²) in [6.45, 7) is 0. The Balaban J connectivity index is 1.42. The molecule has 200 valence electrons. The van der Waals surface area contributed by atoms with Gasteiger partial charge in [-0.15, -0.1) is 0 Å². The third-order valence-electron chi connectivity index (χ3n) is 8.82. The Bertz CT molecular complexity index is 2740. The molecule has 0 unspecified atom stereocenters. The number of imidazole rings is 2. The maximum absolute atomic E-state index is 5.36. The Hall–Kier alpha value is -5.94. The van der Waals surface area contributed by atoms with Crippen LogP contribution < -0.4 is 0 Å². The molecule has 0 N–H and O–H groups in total. The van der Waals surface area contributed by atoms with Crippen LogP contribution in [0.1, 0.15) is 0 Å². The second-order valence-corrected chi connectivity index (χ2v) is 11.1. The van der Waals surface area contributed by atoms with E-state index in [2.05, 4.69) is 147 Å². The monoisotopic (exact) mass is 549 g/mol. The largest absolute Gasteiger partial charge is 0.309 e. The summed E-state index contributed by atoms with van der Waals surface area (Å²) in [5, 5.41) is 4.82. The summed E-state index contributed by atoms with van der Waals surface area (Å²) in [5.41, 5.74) is 11.3. The molecular weight excluding hydrogens is 526 g/mol. The fourth-order valence-corrected chi connectivity index (χ4v) is 7.01. The molecule has 0 spiro atoms. The maximum atomic E-state index is 5.36. The van der Waals surface area contributed by atoms with Crippen LogP contribution in [0.5, 0.6) is 0 Å². The topological polar surface area (TPSA) is 39.5 Å². The van der Waals surface area contributed by atoms with Crippen molar-refractivity contribution in [2.24, 2.45) is 0 Å². The minimum Gasteiger partial charge on any atom is -0.309 e. The summed E-state index contributed by atoms with van der Waals surface area (Å²) in [4.78, 5) is 10.6. The highest BCUT2D eigenvalue weighted by Gasteiger charge is 2.18. The Morgan fingerprint density at radius 2 is 0.767 bits per heavy atom. The minimum absolute atomic E-state index is 0.826. The lowest BCUT2D eigenvalue weighted by Crippen LogP contribution is -1.95. The van der Waals surface area contributed by atoms with Crippen LogP contribution in [0.2, 0.25) is 0 Å². The van der Waals surface area contributed by atoms with Crippen LogP contribution in [-0.2, 0) is 0 Å². The first-order chi connectivity index (χ1) is 21.3. The molecule has 0 radical (unpaired) electrons. The smallest absolute Gasteiger partial charge is 0.182 e. The highest BCUT2D eigenvalue weighted by molar-refractivity contribution is 6.10. The van der Waals surface area contributed by atoms with Gasteiger partial charge in [0.1, 0.15) is 0 Å². The van der Waals surface area contributed by atoms with Gasteiger partial charge in [0.05, 0.1) is 44.1 Å². The molecule has 0 fully saturated rings. The number of aromatic nitrogens is 5. The van der Waals surface area contributed by atoms with E-state index in [1.54, 1.807) is 0 Å². The van der Waals surface area contributed by atoms with Gasteiger partial charge in [0.25, 0.3) is 0 Å². The summed E-state index contributed by atoms with van der Waals surface area (Å²) in [6, 6.07) is 49.4. The van der Waals surface area contributed by atoms with Crippen molar-refractivity contribution in [1.29, 1.82) is 0 Å². The van der Waals surface area contributed by atoms with Crippen LogP contribution in [0.25, 0.3) is 82.7 Å². The van der Waals surface area contributed by atoms with E-state index in [-0.39, 0.29) is 0 Å². The molecule has 5 heteroatoms. The number of fused-ring (bicyclic) bond motifs is 15. The number of para-hydroxylation sites is 6. The van der Waals surface area contributed by atoms with E-state index in [0.717, 1.165) is 60.9 Å². The normalized spacial score (nSPS) is 12.2. The Kier molecular flexibility index (Phi) is 4.39. The SMILES string of the molecule is c1ccc2c(c1)nc1c3nc4cc(-n5c6ccccc6c6ccccc65)ccc4n3c3ccccc3c3ccccc3n21. The van der Waals surface area contributed by atoms with Gasteiger partial charge in [-0.3, -0.25) is 8.80 Å². The third-order valence-corrected chi connectivity index (χ3v) is 8.82. The molecule has 6 aromatic carbocycles. The third kappa shape index (κ3) is 3.00. The molecule has 0 atom stereocenters. The van der Waals surface area contributed by atoms with Gasteiger partial charge in [-0.2, -0.15) is 0 Å². The van der Waals surface area contributed by atoms with Crippen molar-refractivity contribution in [3.8, 4) is 5.69 Å². The predicted molar refractivity (Wildman–Crippen MR) is 177 cm³/mol. The quantitative estimate of drug-likeness (QED) is 0.205. The van der Waals surface area contributed by atoms with Crippen LogP contribution in [0.3, 0.4) is 0 Å². The predicted octanol–water partition coefficient (Wildman–Crippen LogP) is 9.25. The van der Waals surface area contributed by atoms with Gasteiger partial charge < -0.3 is 4.57 Å². The van der Waals surface area contributed by atoms with Crippen molar-refractivity contribution in [2.75, 3.05) is 0 Å². The van der Waals surface area contributed by atoms with Crippen molar-refractivity contribution in [3.63, 3.8) is 0 Å². The van der Waals surface area contributed by atoms with E-state index in [9.17, 15) is 0 Å². The fourth-order valence-electron chi connectivity index (χ4n) is 7.01. The summed E-state index contributed by atoms with van der Waals surface area (Å²) in [7, 11) is 0. The Morgan fingerprint density at radius 3 is 1.35 bits per heavy atom. The van der Waals surface area contributed by atoms with Crippen LogP contribution in [0, 0.1) is 0 Å². The van der Waals surface area contributed by atoms with Crippen molar-refractivity contribution >= 4 is 77.0 Å².